The number of halogens is 1. The number of carbonyl (C=O) groups is 1. The van der Waals surface area contributed by atoms with Gasteiger partial charge in [0.2, 0.25) is 0 Å². The van der Waals surface area contributed by atoms with Crippen molar-refractivity contribution >= 4 is 17.6 Å². The summed E-state index contributed by atoms with van der Waals surface area (Å²) in [6.07, 6.45) is 0.833. The Balaban J connectivity index is 2.87. The normalized spacial score (nSPS) is 12.4. The van der Waals surface area contributed by atoms with E-state index in [4.69, 9.17) is 16.7 Å². The molecule has 0 fully saturated rings. The summed E-state index contributed by atoms with van der Waals surface area (Å²) in [6.45, 7) is 1.81. The van der Waals surface area contributed by atoms with Gasteiger partial charge in [0.05, 0.1) is 5.92 Å². The van der Waals surface area contributed by atoms with Crippen molar-refractivity contribution in [2.24, 2.45) is 5.92 Å². The first-order valence-electron chi connectivity index (χ1n) is 4.74. The number of hydrogen-bond donors (Lipinski definition) is 2. The second-order valence-corrected chi connectivity index (χ2v) is 3.86. The lowest BCUT2D eigenvalue weighted by molar-refractivity contribution is -0.141. The Labute approximate surface area is 93.3 Å². The molecule has 0 aromatic heterocycles. The van der Waals surface area contributed by atoms with Crippen LogP contribution in [0.3, 0.4) is 0 Å². The molecule has 1 unspecified atom stereocenters. The molecule has 0 heterocycles. The van der Waals surface area contributed by atoms with Crippen molar-refractivity contribution in [1.82, 2.24) is 0 Å². The van der Waals surface area contributed by atoms with Crippen LogP contribution < -0.4 is 0 Å². The molecule has 0 saturated heterocycles. The first-order valence-corrected chi connectivity index (χ1v) is 5.12. The molecule has 1 rings (SSSR count). The molecule has 0 spiro atoms. The van der Waals surface area contributed by atoms with Crippen molar-refractivity contribution < 1.29 is 15.0 Å². The minimum Gasteiger partial charge on any atom is -0.508 e. The number of phenols is 1. The average molecular weight is 229 g/mol. The van der Waals surface area contributed by atoms with Crippen molar-refractivity contribution in [1.29, 1.82) is 0 Å². The number of phenolic OH excluding ortho intramolecular Hbond substituents is 1. The largest absolute Gasteiger partial charge is 0.508 e. The van der Waals surface area contributed by atoms with E-state index in [9.17, 15) is 9.90 Å². The van der Waals surface area contributed by atoms with E-state index < -0.39 is 11.9 Å². The Morgan fingerprint density at radius 1 is 1.53 bits per heavy atom. The van der Waals surface area contributed by atoms with Crippen LogP contribution in [0.2, 0.25) is 5.02 Å². The smallest absolute Gasteiger partial charge is 0.306 e. The zero-order valence-electron chi connectivity index (χ0n) is 8.40. The van der Waals surface area contributed by atoms with Gasteiger partial charge in [0.25, 0.3) is 0 Å². The van der Waals surface area contributed by atoms with Crippen LogP contribution in [0.15, 0.2) is 18.2 Å². The second-order valence-electron chi connectivity index (χ2n) is 3.42. The summed E-state index contributed by atoms with van der Waals surface area (Å²) in [7, 11) is 0. The third-order valence-corrected chi connectivity index (χ3v) is 2.58. The van der Waals surface area contributed by atoms with Crippen molar-refractivity contribution in [3.05, 3.63) is 28.8 Å². The predicted molar refractivity (Wildman–Crippen MR) is 58.2 cm³/mol. The van der Waals surface area contributed by atoms with Crippen LogP contribution in [-0.2, 0) is 11.2 Å². The second kappa shape index (κ2) is 5.03. The summed E-state index contributed by atoms with van der Waals surface area (Å²) in [6, 6.07) is 4.65. The maximum Gasteiger partial charge on any atom is 0.306 e. The van der Waals surface area contributed by atoms with Crippen molar-refractivity contribution in [3.63, 3.8) is 0 Å². The van der Waals surface area contributed by atoms with E-state index in [0.717, 1.165) is 0 Å². The summed E-state index contributed by atoms with van der Waals surface area (Å²) < 4.78 is 0. The van der Waals surface area contributed by atoms with Gasteiger partial charge in [-0.15, -0.1) is 0 Å². The van der Waals surface area contributed by atoms with E-state index in [1.165, 1.54) is 6.07 Å². The number of aliphatic carboxylic acids is 1. The highest BCUT2D eigenvalue weighted by atomic mass is 35.5. The van der Waals surface area contributed by atoms with Gasteiger partial charge in [0.15, 0.2) is 0 Å². The molecule has 82 valence electrons. The van der Waals surface area contributed by atoms with E-state index in [-0.39, 0.29) is 5.75 Å². The standard InChI is InChI=1S/C11H13ClO3/c1-2-7(11(14)15)5-8-6-9(12)3-4-10(8)13/h3-4,6-7,13H,2,5H2,1H3,(H,14,15). The van der Waals surface area contributed by atoms with Crippen molar-refractivity contribution in [2.75, 3.05) is 0 Å². The molecule has 0 aliphatic rings. The van der Waals surface area contributed by atoms with Gasteiger partial charge >= 0.3 is 5.97 Å². The predicted octanol–water partition coefficient (Wildman–Crippen LogP) is 2.70. The molecular formula is C11H13ClO3. The van der Waals surface area contributed by atoms with Crippen LogP contribution in [-0.4, -0.2) is 16.2 Å². The number of carboxylic acids is 1. The van der Waals surface area contributed by atoms with Crippen LogP contribution in [0, 0.1) is 5.92 Å². The molecule has 4 heteroatoms. The summed E-state index contributed by atoms with van der Waals surface area (Å²) in [4.78, 5) is 10.8. The SMILES string of the molecule is CCC(Cc1cc(Cl)ccc1O)C(=O)O. The molecule has 0 amide bonds. The number of aromatic hydroxyl groups is 1. The maximum atomic E-state index is 10.8. The highest BCUT2D eigenvalue weighted by Gasteiger charge is 2.17. The van der Waals surface area contributed by atoms with Gasteiger partial charge in [0.1, 0.15) is 5.75 Å². The van der Waals surface area contributed by atoms with E-state index >= 15 is 0 Å². The quantitative estimate of drug-likeness (QED) is 0.833. The first kappa shape index (κ1) is 11.9. The van der Waals surface area contributed by atoms with Gasteiger partial charge in [-0.3, -0.25) is 4.79 Å². The molecule has 2 N–H and O–H groups in total. The van der Waals surface area contributed by atoms with E-state index in [0.29, 0.717) is 23.4 Å². The van der Waals surface area contributed by atoms with Gasteiger partial charge in [0, 0.05) is 5.02 Å². The Hall–Kier alpha value is -1.22. The summed E-state index contributed by atoms with van der Waals surface area (Å²) in [5, 5.41) is 18.9. The highest BCUT2D eigenvalue weighted by Crippen LogP contribution is 2.25. The molecule has 3 nitrogen and oxygen atoms in total. The Morgan fingerprint density at radius 2 is 2.20 bits per heavy atom. The summed E-state index contributed by atoms with van der Waals surface area (Å²) in [5.74, 6) is -1.23. The van der Waals surface area contributed by atoms with E-state index in [2.05, 4.69) is 0 Å². The van der Waals surface area contributed by atoms with E-state index in [1.54, 1.807) is 19.1 Å². The number of carboxylic acid groups (broad SMARTS) is 1. The lowest BCUT2D eigenvalue weighted by atomic mass is 9.96. The topological polar surface area (TPSA) is 57.5 Å². The minimum atomic E-state index is -0.850. The molecule has 1 aromatic carbocycles. The molecule has 1 aromatic rings. The van der Waals surface area contributed by atoms with Crippen molar-refractivity contribution in [2.45, 2.75) is 19.8 Å². The number of benzene rings is 1. The average Bonchev–Trinajstić information content (AvgIpc) is 2.18. The third-order valence-electron chi connectivity index (χ3n) is 2.35. The monoisotopic (exact) mass is 228 g/mol. The highest BCUT2D eigenvalue weighted by molar-refractivity contribution is 6.30. The van der Waals surface area contributed by atoms with Gasteiger partial charge in [-0.1, -0.05) is 18.5 Å². The molecular weight excluding hydrogens is 216 g/mol. The van der Waals surface area contributed by atoms with Crippen LogP contribution in [0.25, 0.3) is 0 Å². The molecule has 0 radical (unpaired) electrons. The maximum absolute atomic E-state index is 10.8. The Morgan fingerprint density at radius 3 is 2.73 bits per heavy atom. The first-order chi connectivity index (χ1) is 7.04. The van der Waals surface area contributed by atoms with Gasteiger partial charge < -0.3 is 10.2 Å². The zero-order valence-corrected chi connectivity index (χ0v) is 9.16. The number of hydrogen-bond acceptors (Lipinski definition) is 2. The number of rotatable bonds is 4. The fourth-order valence-electron chi connectivity index (χ4n) is 1.39. The molecule has 0 aliphatic carbocycles. The Kier molecular flexibility index (Phi) is 3.97. The molecule has 1 atom stereocenters. The van der Waals surface area contributed by atoms with Gasteiger partial charge in [-0.05, 0) is 36.6 Å². The third kappa shape index (κ3) is 3.13. The zero-order chi connectivity index (χ0) is 11.4. The molecule has 15 heavy (non-hydrogen) atoms. The fraction of sp³-hybridized carbons (Fsp3) is 0.364. The van der Waals surface area contributed by atoms with Crippen LogP contribution >= 0.6 is 11.6 Å². The van der Waals surface area contributed by atoms with Crippen LogP contribution in [0.1, 0.15) is 18.9 Å². The van der Waals surface area contributed by atoms with Gasteiger partial charge in [-0.2, -0.15) is 0 Å². The van der Waals surface area contributed by atoms with Crippen LogP contribution in [0.5, 0.6) is 5.75 Å². The lowest BCUT2D eigenvalue weighted by Crippen LogP contribution is -2.15. The summed E-state index contributed by atoms with van der Waals surface area (Å²) in [5.41, 5.74) is 0.580. The lowest BCUT2D eigenvalue weighted by Gasteiger charge is -2.11. The molecule has 0 bridgehead atoms. The van der Waals surface area contributed by atoms with Gasteiger partial charge in [-0.25, -0.2) is 0 Å². The molecule has 0 saturated carbocycles. The Bertz CT molecular complexity index is 363. The van der Waals surface area contributed by atoms with E-state index in [1.807, 2.05) is 0 Å². The molecule has 0 aliphatic heterocycles. The van der Waals surface area contributed by atoms with Crippen molar-refractivity contribution in [3.8, 4) is 5.75 Å². The fourth-order valence-corrected chi connectivity index (χ4v) is 1.58. The summed E-state index contributed by atoms with van der Waals surface area (Å²) >= 11 is 5.76. The minimum absolute atomic E-state index is 0.0964. The van der Waals surface area contributed by atoms with Crippen LogP contribution in [0.4, 0.5) is 0 Å².